The van der Waals surface area contributed by atoms with Gasteiger partial charge >= 0.3 is 6.01 Å². The second-order valence-electron chi connectivity index (χ2n) is 5.81. The lowest BCUT2D eigenvalue weighted by molar-refractivity contribution is 0.321. The minimum Gasteiger partial charge on any atom is -0.457 e. The maximum absolute atomic E-state index is 13.6. The summed E-state index contributed by atoms with van der Waals surface area (Å²) in [4.78, 5) is 8.25. The lowest BCUT2D eigenvalue weighted by Crippen LogP contribution is -2.12. The smallest absolute Gasteiger partial charge is 0.316 e. The Balaban J connectivity index is 1.55. The van der Waals surface area contributed by atoms with Crippen LogP contribution in [0.15, 0.2) is 36.4 Å². The predicted molar refractivity (Wildman–Crippen MR) is 86.5 cm³/mol. The van der Waals surface area contributed by atoms with E-state index in [1.807, 2.05) is 0 Å². The average Bonchev–Trinajstić information content (AvgIpc) is 3.40. The van der Waals surface area contributed by atoms with E-state index < -0.39 is 11.6 Å². The normalized spacial score (nSPS) is 14.5. The number of aromatic nitrogens is 2. The quantitative estimate of drug-likeness (QED) is 0.850. The van der Waals surface area contributed by atoms with Crippen molar-refractivity contribution in [1.82, 2.24) is 9.97 Å². The van der Waals surface area contributed by atoms with E-state index >= 15 is 0 Å². The number of benzene rings is 1. The Kier molecular flexibility index (Phi) is 4.59. The zero-order valence-electron chi connectivity index (χ0n) is 13.2. The van der Waals surface area contributed by atoms with Gasteiger partial charge in [-0.2, -0.15) is 0 Å². The Bertz CT molecular complexity index is 758. The van der Waals surface area contributed by atoms with Gasteiger partial charge in [0, 0.05) is 24.7 Å². The van der Waals surface area contributed by atoms with Gasteiger partial charge < -0.3 is 15.8 Å². The van der Waals surface area contributed by atoms with Crippen molar-refractivity contribution in [3.05, 3.63) is 59.2 Å². The summed E-state index contributed by atoms with van der Waals surface area (Å²) < 4.78 is 32.2. The predicted octanol–water partition coefficient (Wildman–Crippen LogP) is 3.23. The molecule has 3 rings (SSSR count). The van der Waals surface area contributed by atoms with E-state index in [0.29, 0.717) is 17.2 Å². The molecule has 0 spiro atoms. The van der Waals surface area contributed by atoms with Crippen LogP contribution >= 0.6 is 0 Å². The number of rotatable bonds is 6. The molecule has 3 N–H and O–H groups in total. The van der Waals surface area contributed by atoms with Gasteiger partial charge in [-0.15, -0.1) is 0 Å². The molecule has 0 bridgehead atoms. The van der Waals surface area contributed by atoms with Crippen molar-refractivity contribution in [1.29, 1.82) is 0 Å². The van der Waals surface area contributed by atoms with Crippen LogP contribution in [-0.2, 0) is 0 Å². The topological polar surface area (TPSA) is 73.1 Å². The van der Waals surface area contributed by atoms with Crippen LogP contribution in [0.4, 0.5) is 14.5 Å². The van der Waals surface area contributed by atoms with Crippen molar-refractivity contribution >= 4 is 5.69 Å². The van der Waals surface area contributed by atoms with Crippen LogP contribution in [0.3, 0.4) is 0 Å². The van der Waals surface area contributed by atoms with Gasteiger partial charge in [-0.25, -0.2) is 18.7 Å². The highest BCUT2D eigenvalue weighted by Crippen LogP contribution is 2.39. The second-order valence-corrected chi connectivity index (χ2v) is 5.81. The molecule has 1 saturated carbocycles. The molecule has 1 aliphatic rings. The molecule has 24 heavy (non-hydrogen) atoms. The van der Waals surface area contributed by atoms with E-state index in [-0.39, 0.29) is 18.3 Å². The summed E-state index contributed by atoms with van der Waals surface area (Å²) in [5.74, 6) is -0.700. The first-order valence-corrected chi connectivity index (χ1v) is 7.64. The molecule has 0 unspecified atom stereocenters. The Morgan fingerprint density at radius 3 is 2.67 bits per heavy atom. The van der Waals surface area contributed by atoms with Crippen LogP contribution in [0.1, 0.15) is 29.9 Å². The molecule has 1 aromatic carbocycles. The number of hydrogen-bond donors (Lipinski definition) is 2. The Labute approximate surface area is 138 Å². The molecule has 0 atom stereocenters. The molecule has 0 radical (unpaired) electrons. The van der Waals surface area contributed by atoms with E-state index in [2.05, 4.69) is 15.3 Å². The standard InChI is InChI=1S/C17H18F2N4O/c1-10-4-16(15(19)5-14(10)18)21-8-13(20)9-24-17-22-6-12(7-23-17)11-2-3-11/h4-8,11,21H,2-3,9,20H2,1H3/b13-8-. The molecule has 7 heteroatoms. The fraction of sp³-hybridized carbons (Fsp3) is 0.294. The molecule has 5 nitrogen and oxygen atoms in total. The van der Waals surface area contributed by atoms with Crippen molar-refractivity contribution in [2.75, 3.05) is 11.9 Å². The first-order valence-electron chi connectivity index (χ1n) is 7.64. The highest BCUT2D eigenvalue weighted by atomic mass is 19.1. The largest absolute Gasteiger partial charge is 0.457 e. The van der Waals surface area contributed by atoms with Gasteiger partial charge in [0.15, 0.2) is 0 Å². The number of nitrogens with two attached hydrogens (primary N) is 1. The van der Waals surface area contributed by atoms with Gasteiger partial charge in [0.2, 0.25) is 0 Å². The number of aryl methyl sites for hydroxylation is 1. The van der Waals surface area contributed by atoms with Crippen LogP contribution in [0.5, 0.6) is 6.01 Å². The first-order chi connectivity index (χ1) is 11.5. The summed E-state index contributed by atoms with van der Waals surface area (Å²) in [6, 6.07) is 2.43. The summed E-state index contributed by atoms with van der Waals surface area (Å²) in [5, 5.41) is 2.70. The number of hydrogen-bond acceptors (Lipinski definition) is 5. The molecule has 1 aromatic heterocycles. The Morgan fingerprint density at radius 1 is 1.29 bits per heavy atom. The third-order valence-electron chi connectivity index (χ3n) is 3.73. The number of ether oxygens (including phenoxy) is 1. The maximum atomic E-state index is 13.6. The molecule has 0 aliphatic heterocycles. The molecule has 1 heterocycles. The van der Waals surface area contributed by atoms with Crippen molar-refractivity contribution in [2.24, 2.45) is 5.73 Å². The van der Waals surface area contributed by atoms with E-state index in [0.717, 1.165) is 11.6 Å². The van der Waals surface area contributed by atoms with Crippen LogP contribution in [0.2, 0.25) is 0 Å². The highest BCUT2D eigenvalue weighted by molar-refractivity contribution is 5.49. The molecule has 1 aliphatic carbocycles. The number of anilines is 1. The van der Waals surface area contributed by atoms with Crippen molar-refractivity contribution in [3.63, 3.8) is 0 Å². The van der Waals surface area contributed by atoms with Gasteiger partial charge in [0.05, 0.1) is 11.4 Å². The Morgan fingerprint density at radius 2 is 2.00 bits per heavy atom. The van der Waals surface area contributed by atoms with Crippen LogP contribution in [0, 0.1) is 18.6 Å². The molecule has 0 saturated heterocycles. The fourth-order valence-electron chi connectivity index (χ4n) is 2.16. The van der Waals surface area contributed by atoms with E-state index in [1.165, 1.54) is 25.1 Å². The van der Waals surface area contributed by atoms with Gasteiger partial charge in [-0.05, 0) is 42.9 Å². The number of nitrogens with zero attached hydrogens (tertiary/aromatic N) is 2. The lowest BCUT2D eigenvalue weighted by atomic mass is 10.2. The summed E-state index contributed by atoms with van der Waals surface area (Å²) >= 11 is 0. The third-order valence-corrected chi connectivity index (χ3v) is 3.73. The minimum atomic E-state index is -0.693. The monoisotopic (exact) mass is 332 g/mol. The van der Waals surface area contributed by atoms with E-state index in [9.17, 15) is 8.78 Å². The molecular formula is C17H18F2N4O. The number of nitrogens with one attached hydrogen (secondary N) is 1. The Hall–Kier alpha value is -2.70. The summed E-state index contributed by atoms with van der Waals surface area (Å²) in [6.07, 6.45) is 7.28. The molecule has 2 aromatic rings. The SMILES string of the molecule is Cc1cc(N/C=C(\N)COc2ncc(C3CC3)cn2)c(F)cc1F. The lowest BCUT2D eigenvalue weighted by Gasteiger charge is -2.08. The van der Waals surface area contributed by atoms with Crippen molar-refractivity contribution < 1.29 is 13.5 Å². The zero-order valence-corrected chi connectivity index (χ0v) is 13.2. The summed E-state index contributed by atoms with van der Waals surface area (Å²) in [5.41, 5.74) is 7.72. The highest BCUT2D eigenvalue weighted by Gasteiger charge is 2.24. The molecule has 1 fully saturated rings. The van der Waals surface area contributed by atoms with E-state index in [1.54, 1.807) is 19.3 Å². The van der Waals surface area contributed by atoms with Gasteiger partial charge in [0.25, 0.3) is 0 Å². The minimum absolute atomic E-state index is 0.0531. The van der Waals surface area contributed by atoms with Gasteiger partial charge in [-0.1, -0.05) is 0 Å². The second kappa shape index (κ2) is 6.82. The average molecular weight is 332 g/mol. The summed E-state index contributed by atoms with van der Waals surface area (Å²) in [7, 11) is 0. The van der Waals surface area contributed by atoms with Crippen LogP contribution < -0.4 is 15.8 Å². The van der Waals surface area contributed by atoms with Crippen molar-refractivity contribution in [2.45, 2.75) is 25.7 Å². The first kappa shape index (κ1) is 16.2. The van der Waals surface area contributed by atoms with Gasteiger partial charge in [0.1, 0.15) is 18.2 Å². The molecule has 0 amide bonds. The number of halogens is 2. The molecule has 126 valence electrons. The third kappa shape index (κ3) is 3.98. The van der Waals surface area contributed by atoms with Gasteiger partial charge in [-0.3, -0.25) is 0 Å². The van der Waals surface area contributed by atoms with Crippen molar-refractivity contribution in [3.8, 4) is 6.01 Å². The van der Waals surface area contributed by atoms with Crippen LogP contribution in [0.25, 0.3) is 0 Å². The molecular weight excluding hydrogens is 314 g/mol. The van der Waals surface area contributed by atoms with E-state index in [4.69, 9.17) is 10.5 Å². The fourth-order valence-corrected chi connectivity index (χ4v) is 2.16. The zero-order chi connectivity index (χ0) is 17.1. The summed E-state index contributed by atoms with van der Waals surface area (Å²) in [6.45, 7) is 1.61. The maximum Gasteiger partial charge on any atom is 0.316 e. The van der Waals surface area contributed by atoms with Crippen LogP contribution in [-0.4, -0.2) is 16.6 Å².